The van der Waals surface area contributed by atoms with Crippen molar-refractivity contribution in [2.24, 2.45) is 0 Å². The van der Waals surface area contributed by atoms with Crippen LogP contribution in [0.25, 0.3) is 4.98 Å². The molecule has 0 heterocycles. The molecule has 0 spiro atoms. The molecule has 13 heavy (non-hydrogen) atoms. The molecule has 1 rings (SSSR count). The van der Waals surface area contributed by atoms with Crippen LogP contribution in [0.3, 0.4) is 0 Å². The van der Waals surface area contributed by atoms with Gasteiger partial charge in [0.15, 0.2) is 4.98 Å². The summed E-state index contributed by atoms with van der Waals surface area (Å²) in [7, 11) is 0. The first kappa shape index (κ1) is 9.38. The van der Waals surface area contributed by atoms with E-state index >= 15 is 0 Å². The Balaban J connectivity index is 3.69. The smallest absolute Gasteiger partial charge is 0.200 e. The fourth-order valence-electron chi connectivity index (χ4n) is 0.681. The number of hydrogen-bond donors (Lipinski definition) is 0. The Bertz CT molecular complexity index is 379. The van der Waals surface area contributed by atoms with E-state index in [1.807, 2.05) is 4.98 Å². The minimum atomic E-state index is -2.29. The van der Waals surface area contributed by atoms with Gasteiger partial charge in [-0.05, 0) is 0 Å². The Hall–Kier alpha value is -1.71. The second kappa shape index (κ2) is 2.97. The highest BCUT2D eigenvalue weighted by atomic mass is 19.2. The van der Waals surface area contributed by atoms with Crippen molar-refractivity contribution in [2.75, 3.05) is 0 Å². The van der Waals surface area contributed by atoms with Crippen LogP contribution < -0.4 is 0 Å². The van der Waals surface area contributed by atoms with E-state index in [4.69, 9.17) is 5.39 Å². The molecule has 0 N–H and O–H groups in total. The van der Waals surface area contributed by atoms with E-state index in [9.17, 15) is 22.0 Å². The van der Waals surface area contributed by atoms with Gasteiger partial charge in [-0.2, -0.15) is 8.78 Å². The maximum Gasteiger partial charge on any atom is 0.461 e. The lowest BCUT2D eigenvalue weighted by atomic mass is 10.2. The van der Waals surface area contributed by atoms with Crippen molar-refractivity contribution in [3.63, 3.8) is 0 Å². The lowest BCUT2D eigenvalue weighted by Gasteiger charge is -1.94. The summed E-state index contributed by atoms with van der Waals surface area (Å²) in [6.07, 6.45) is 0. The van der Waals surface area contributed by atoms with Crippen LogP contribution in [-0.2, 0) is 0 Å². The van der Waals surface area contributed by atoms with E-state index in [2.05, 4.69) is 0 Å². The van der Waals surface area contributed by atoms with Gasteiger partial charge in [-0.25, -0.2) is 13.2 Å². The second-order valence-electron chi connectivity index (χ2n) is 2.02. The number of hydrogen-bond acceptors (Lipinski definition) is 1. The lowest BCUT2D eigenvalue weighted by Crippen LogP contribution is -1.99. The van der Waals surface area contributed by atoms with Crippen LogP contribution in [0.1, 0.15) is 0 Å². The van der Waals surface area contributed by atoms with Gasteiger partial charge in [0, 0.05) is 0 Å². The molecule has 0 saturated heterocycles. The van der Waals surface area contributed by atoms with Gasteiger partial charge in [-0.3, -0.25) is 0 Å². The van der Waals surface area contributed by atoms with E-state index in [0.717, 1.165) is 0 Å². The third-order valence-electron chi connectivity index (χ3n) is 1.29. The van der Waals surface area contributed by atoms with Crippen molar-refractivity contribution in [3.8, 4) is 0 Å². The third kappa shape index (κ3) is 1.20. The molecule has 0 bridgehead atoms. The number of rotatable bonds is 0. The standard InChI is InChI=1S/C6F5N2/c7-1-2(8)4(10)6(13-12)5(11)3(1)9/q+1. The Morgan fingerprint density at radius 3 is 1.31 bits per heavy atom. The van der Waals surface area contributed by atoms with Crippen molar-refractivity contribution in [3.05, 3.63) is 34.1 Å². The van der Waals surface area contributed by atoms with Crippen LogP contribution in [0.2, 0.25) is 0 Å². The lowest BCUT2D eigenvalue weighted by molar-refractivity contribution is 0.382. The second-order valence-corrected chi connectivity index (χ2v) is 2.02. The predicted octanol–water partition coefficient (Wildman–Crippen LogP) is 2.87. The summed E-state index contributed by atoms with van der Waals surface area (Å²) in [5.41, 5.74) is -1.60. The molecule has 7 heteroatoms. The molecular formula is C6F5N2+. The minimum absolute atomic E-state index is 1.60. The summed E-state index contributed by atoms with van der Waals surface area (Å²) in [6, 6.07) is 0. The van der Waals surface area contributed by atoms with Crippen molar-refractivity contribution in [1.82, 2.24) is 0 Å². The molecule has 0 aromatic heterocycles. The molecule has 68 valence electrons. The van der Waals surface area contributed by atoms with E-state index in [1.165, 1.54) is 0 Å². The molecule has 0 aliphatic heterocycles. The molecule has 0 fully saturated rings. The van der Waals surface area contributed by atoms with Crippen LogP contribution >= 0.6 is 0 Å². The highest BCUT2D eigenvalue weighted by Gasteiger charge is 2.34. The van der Waals surface area contributed by atoms with E-state index in [0.29, 0.717) is 0 Å². The van der Waals surface area contributed by atoms with Gasteiger partial charge in [-0.1, -0.05) is 0 Å². The maximum atomic E-state index is 12.4. The topological polar surface area (TPSA) is 28.1 Å². The Labute approximate surface area is 68.2 Å². The van der Waals surface area contributed by atoms with Crippen LogP contribution in [0.4, 0.5) is 27.6 Å². The zero-order valence-electron chi connectivity index (χ0n) is 5.78. The quantitative estimate of drug-likeness (QED) is 0.270. The van der Waals surface area contributed by atoms with E-state index in [1.54, 1.807) is 0 Å². The zero-order chi connectivity index (χ0) is 10.2. The van der Waals surface area contributed by atoms with E-state index in [-0.39, 0.29) is 0 Å². The molecule has 0 radical (unpaired) electrons. The van der Waals surface area contributed by atoms with Gasteiger partial charge in [0.05, 0.1) is 0 Å². The summed E-state index contributed by atoms with van der Waals surface area (Å²) in [6.45, 7) is 0. The molecule has 0 atom stereocenters. The van der Waals surface area contributed by atoms with Crippen molar-refractivity contribution in [2.45, 2.75) is 0 Å². The van der Waals surface area contributed by atoms with Crippen molar-refractivity contribution in [1.29, 1.82) is 5.39 Å². The molecule has 0 amide bonds. The molecule has 0 aliphatic carbocycles. The van der Waals surface area contributed by atoms with Crippen LogP contribution in [-0.4, -0.2) is 0 Å². The Kier molecular flexibility index (Phi) is 2.14. The van der Waals surface area contributed by atoms with Gasteiger partial charge in [0.25, 0.3) is 11.6 Å². The maximum absolute atomic E-state index is 12.4. The van der Waals surface area contributed by atoms with E-state index < -0.39 is 34.8 Å². The van der Waals surface area contributed by atoms with Gasteiger partial charge >= 0.3 is 5.69 Å². The molecule has 0 saturated carbocycles. The molecule has 0 unspecified atom stereocenters. The number of halogens is 5. The van der Waals surface area contributed by atoms with Crippen LogP contribution in [0.15, 0.2) is 0 Å². The van der Waals surface area contributed by atoms with Crippen molar-refractivity contribution >= 4 is 5.69 Å². The minimum Gasteiger partial charge on any atom is -0.200 e. The summed E-state index contributed by atoms with van der Waals surface area (Å²) >= 11 is 0. The van der Waals surface area contributed by atoms with Crippen LogP contribution in [0, 0.1) is 34.5 Å². The highest BCUT2D eigenvalue weighted by molar-refractivity contribution is 5.47. The molecule has 1 aromatic carbocycles. The monoisotopic (exact) mass is 195 g/mol. The molecule has 1 aromatic rings. The number of nitrogens with zero attached hydrogens (tertiary/aromatic N) is 2. The highest BCUT2D eigenvalue weighted by Crippen LogP contribution is 2.28. The largest absolute Gasteiger partial charge is 0.461 e. The normalized spacial score (nSPS) is 9.85. The average molecular weight is 195 g/mol. The van der Waals surface area contributed by atoms with Crippen molar-refractivity contribution < 1.29 is 22.0 Å². The molecular weight excluding hydrogens is 195 g/mol. The zero-order valence-corrected chi connectivity index (χ0v) is 5.78. The molecule has 0 aliphatic rings. The first-order valence-corrected chi connectivity index (χ1v) is 2.87. The van der Waals surface area contributed by atoms with Gasteiger partial charge < -0.3 is 0 Å². The number of benzene rings is 1. The Morgan fingerprint density at radius 1 is 0.692 bits per heavy atom. The van der Waals surface area contributed by atoms with Gasteiger partial charge in [-0.15, -0.1) is 0 Å². The Morgan fingerprint density at radius 2 is 1.00 bits per heavy atom. The fourth-order valence-corrected chi connectivity index (χ4v) is 0.681. The first-order chi connectivity index (χ1) is 6.00. The summed E-state index contributed by atoms with van der Waals surface area (Å²) < 4.78 is 61.7. The average Bonchev–Trinajstić information content (AvgIpc) is 2.13. The number of diazo groups is 1. The third-order valence-corrected chi connectivity index (χ3v) is 1.29. The van der Waals surface area contributed by atoms with Crippen LogP contribution in [0.5, 0.6) is 0 Å². The van der Waals surface area contributed by atoms with Gasteiger partial charge in [0.1, 0.15) is 0 Å². The predicted molar refractivity (Wildman–Crippen MR) is 31.0 cm³/mol. The van der Waals surface area contributed by atoms with Gasteiger partial charge in [0.2, 0.25) is 22.8 Å². The summed E-state index contributed by atoms with van der Waals surface area (Å²) in [5, 5.41) is 7.93. The summed E-state index contributed by atoms with van der Waals surface area (Å²) in [5.74, 6) is -10.9. The molecule has 2 nitrogen and oxygen atoms in total. The SMILES string of the molecule is N#[N+]c1c(F)c(F)c(F)c(F)c1F. The fraction of sp³-hybridized carbons (Fsp3) is 0. The summed E-state index contributed by atoms with van der Waals surface area (Å²) in [4.78, 5) is 1.94. The first-order valence-electron chi connectivity index (χ1n) is 2.87.